The molecular weight excluding hydrogens is 487 g/mol. The van der Waals surface area contributed by atoms with Gasteiger partial charge in [-0.3, -0.25) is 0 Å². The van der Waals surface area contributed by atoms with Gasteiger partial charge in [0.25, 0.3) is 0 Å². The van der Waals surface area contributed by atoms with E-state index < -0.39 is 30.0 Å². The van der Waals surface area contributed by atoms with Crippen LogP contribution in [0, 0.1) is 0 Å². The second-order valence-electron chi connectivity index (χ2n) is 3.58. The predicted octanol–water partition coefficient (Wildman–Crippen LogP) is 0.267. The van der Waals surface area contributed by atoms with Crippen LogP contribution in [0.3, 0.4) is 0 Å². The zero-order valence-corrected chi connectivity index (χ0v) is 14.8. The van der Waals surface area contributed by atoms with Crippen molar-refractivity contribution in [2.24, 2.45) is 0 Å². The van der Waals surface area contributed by atoms with Crippen molar-refractivity contribution < 1.29 is 25.9 Å². The monoisotopic (exact) mass is 494 g/mol. The number of benzene rings is 2. The molecule has 0 aliphatic carbocycles. The maximum Gasteiger partial charge on any atom is 2.00 e. The summed E-state index contributed by atoms with van der Waals surface area (Å²) in [5.41, 5.74) is 0. The SMILES string of the molecule is O=S(=O)([O-])c1ccc2cc(S(=O)(=O)[O-])ccc2c1.[Pb+2]. The van der Waals surface area contributed by atoms with Gasteiger partial charge in [-0.25, -0.2) is 16.8 Å². The Morgan fingerprint density at radius 3 is 1.26 bits per heavy atom. The van der Waals surface area contributed by atoms with Crippen LogP contribution in [0.15, 0.2) is 46.2 Å². The molecule has 2 radical (unpaired) electrons. The molecule has 0 saturated carbocycles. The molecular formula is C10H6O6PbS2. The van der Waals surface area contributed by atoms with E-state index in [1.807, 2.05) is 0 Å². The van der Waals surface area contributed by atoms with Gasteiger partial charge in [-0.2, -0.15) is 0 Å². The van der Waals surface area contributed by atoms with Gasteiger partial charge in [-0.1, -0.05) is 12.1 Å². The molecule has 0 heterocycles. The predicted molar refractivity (Wildman–Crippen MR) is 65.6 cm³/mol. The van der Waals surface area contributed by atoms with E-state index >= 15 is 0 Å². The molecule has 98 valence electrons. The fourth-order valence-electron chi connectivity index (χ4n) is 1.51. The van der Waals surface area contributed by atoms with Crippen LogP contribution < -0.4 is 0 Å². The van der Waals surface area contributed by atoms with Gasteiger partial charge in [0, 0.05) is 0 Å². The minimum absolute atomic E-state index is 0. The van der Waals surface area contributed by atoms with Crippen LogP contribution in [0.5, 0.6) is 0 Å². The van der Waals surface area contributed by atoms with E-state index in [0.29, 0.717) is 10.8 Å². The largest absolute Gasteiger partial charge is 2.00 e. The number of fused-ring (bicyclic) bond motifs is 1. The van der Waals surface area contributed by atoms with Crippen LogP contribution in [0.2, 0.25) is 0 Å². The molecule has 0 spiro atoms. The molecule has 0 unspecified atom stereocenters. The molecule has 0 aromatic heterocycles. The number of hydrogen-bond acceptors (Lipinski definition) is 6. The van der Waals surface area contributed by atoms with E-state index in [4.69, 9.17) is 0 Å². The Morgan fingerprint density at radius 2 is 1.00 bits per heavy atom. The summed E-state index contributed by atoms with van der Waals surface area (Å²) in [6.45, 7) is 0. The van der Waals surface area contributed by atoms with Crippen molar-refractivity contribution in [2.75, 3.05) is 0 Å². The fourth-order valence-corrected chi connectivity index (χ4v) is 2.52. The topological polar surface area (TPSA) is 114 Å². The number of rotatable bonds is 2. The first-order valence-corrected chi connectivity index (χ1v) is 7.45. The molecule has 2 aromatic carbocycles. The van der Waals surface area contributed by atoms with Gasteiger partial charge in [-0.15, -0.1) is 0 Å². The molecule has 0 saturated heterocycles. The van der Waals surface area contributed by atoms with E-state index in [-0.39, 0.29) is 27.3 Å². The molecule has 0 N–H and O–H groups in total. The van der Waals surface area contributed by atoms with E-state index in [1.54, 1.807) is 0 Å². The number of hydrogen-bond donors (Lipinski definition) is 0. The third-order valence-electron chi connectivity index (χ3n) is 2.36. The van der Waals surface area contributed by atoms with Crippen molar-refractivity contribution in [3.63, 3.8) is 0 Å². The Kier molecular flexibility index (Phi) is 4.72. The molecule has 2 aromatic rings. The smallest absolute Gasteiger partial charge is 0.744 e. The summed E-state index contributed by atoms with van der Waals surface area (Å²) in [4.78, 5) is -0.819. The zero-order valence-electron chi connectivity index (χ0n) is 9.23. The molecule has 9 heteroatoms. The minimum Gasteiger partial charge on any atom is -0.744 e. The second kappa shape index (κ2) is 5.44. The van der Waals surface area contributed by atoms with Gasteiger partial charge in [0.05, 0.1) is 9.79 Å². The summed E-state index contributed by atoms with van der Waals surface area (Å²) in [6.07, 6.45) is 0. The van der Waals surface area contributed by atoms with Crippen molar-refractivity contribution >= 4 is 58.3 Å². The van der Waals surface area contributed by atoms with Gasteiger partial charge in [0.2, 0.25) is 0 Å². The average molecular weight is 493 g/mol. The van der Waals surface area contributed by atoms with Crippen LogP contribution in [-0.2, 0) is 20.2 Å². The zero-order chi connectivity index (χ0) is 13.6. The summed E-state index contributed by atoms with van der Waals surface area (Å²) in [7, 11) is -9.13. The van der Waals surface area contributed by atoms with Crippen molar-refractivity contribution in [3.05, 3.63) is 36.4 Å². The molecule has 0 amide bonds. The average Bonchev–Trinajstić information content (AvgIpc) is 2.25. The van der Waals surface area contributed by atoms with Crippen LogP contribution >= 0.6 is 0 Å². The molecule has 0 atom stereocenters. The Balaban J connectivity index is 0.00000180. The first-order chi connectivity index (χ1) is 8.18. The summed E-state index contributed by atoms with van der Waals surface area (Å²) in [5.74, 6) is 0. The Labute approximate surface area is 130 Å². The first-order valence-electron chi connectivity index (χ1n) is 4.63. The van der Waals surface area contributed by atoms with E-state index in [1.165, 1.54) is 12.1 Å². The van der Waals surface area contributed by atoms with Crippen LogP contribution in [-0.4, -0.2) is 53.2 Å². The Bertz CT molecular complexity index is 755. The Morgan fingerprint density at radius 1 is 0.684 bits per heavy atom. The van der Waals surface area contributed by atoms with Crippen molar-refractivity contribution in [1.82, 2.24) is 0 Å². The summed E-state index contributed by atoms with van der Waals surface area (Å²) in [6, 6.07) is 6.92. The van der Waals surface area contributed by atoms with Crippen LogP contribution in [0.25, 0.3) is 10.8 Å². The van der Waals surface area contributed by atoms with Crippen molar-refractivity contribution in [3.8, 4) is 0 Å². The fraction of sp³-hybridized carbons (Fsp3) is 0. The van der Waals surface area contributed by atoms with E-state index in [2.05, 4.69) is 0 Å². The molecule has 0 bridgehead atoms. The third-order valence-corrected chi connectivity index (χ3v) is 4.02. The van der Waals surface area contributed by atoms with Crippen LogP contribution in [0.1, 0.15) is 0 Å². The van der Waals surface area contributed by atoms with Gasteiger partial charge in [0.15, 0.2) is 0 Å². The summed E-state index contributed by atoms with van der Waals surface area (Å²) < 4.78 is 64.8. The normalized spacial score (nSPS) is 12.1. The maximum absolute atomic E-state index is 10.8. The van der Waals surface area contributed by atoms with Gasteiger partial charge >= 0.3 is 27.3 Å². The maximum atomic E-state index is 10.8. The van der Waals surface area contributed by atoms with Crippen molar-refractivity contribution in [2.45, 2.75) is 9.79 Å². The van der Waals surface area contributed by atoms with Crippen LogP contribution in [0.4, 0.5) is 0 Å². The third kappa shape index (κ3) is 3.72. The van der Waals surface area contributed by atoms with Gasteiger partial charge in [0.1, 0.15) is 20.2 Å². The summed E-state index contributed by atoms with van der Waals surface area (Å²) >= 11 is 0. The molecule has 2 rings (SSSR count). The Hall–Kier alpha value is -0.558. The summed E-state index contributed by atoms with van der Waals surface area (Å²) in [5, 5.41) is 0.721. The molecule has 6 nitrogen and oxygen atoms in total. The molecule has 19 heavy (non-hydrogen) atoms. The molecule has 0 fully saturated rings. The second-order valence-corrected chi connectivity index (χ2v) is 6.34. The van der Waals surface area contributed by atoms with Crippen molar-refractivity contribution in [1.29, 1.82) is 0 Å². The minimum atomic E-state index is -4.56. The van der Waals surface area contributed by atoms with Gasteiger partial charge in [-0.05, 0) is 35.0 Å². The van der Waals surface area contributed by atoms with Gasteiger partial charge < -0.3 is 9.11 Å². The quantitative estimate of drug-likeness (QED) is 0.438. The first kappa shape index (κ1) is 16.5. The molecule has 0 aliphatic rings. The standard InChI is InChI=1S/C10H8O6S2.Pb/c11-17(12,13)9-3-1-7-5-10(18(14,15)16)4-2-8(7)6-9;/h1-6H,(H,11,12,13)(H,14,15,16);/q;+2/p-2. The van der Waals surface area contributed by atoms with E-state index in [0.717, 1.165) is 24.3 Å². The molecule has 0 aliphatic heterocycles. The van der Waals surface area contributed by atoms with E-state index in [9.17, 15) is 25.9 Å².